The summed E-state index contributed by atoms with van der Waals surface area (Å²) in [5.74, 6) is 2.37. The number of aromatic nitrogens is 3. The van der Waals surface area contributed by atoms with Crippen LogP contribution in [0.4, 0.5) is 5.69 Å². The number of fused-ring (bicyclic) bond motifs is 2. The van der Waals surface area contributed by atoms with E-state index in [0.717, 1.165) is 49.0 Å². The molecule has 5 heteroatoms. The highest BCUT2D eigenvalue weighted by molar-refractivity contribution is 6.03. The topological polar surface area (TPSA) is 51.0 Å². The van der Waals surface area contributed by atoms with Crippen molar-refractivity contribution in [1.82, 2.24) is 14.8 Å². The Morgan fingerprint density at radius 3 is 2.90 bits per heavy atom. The number of rotatable bonds is 2. The number of para-hydroxylation sites is 1. The van der Waals surface area contributed by atoms with Crippen molar-refractivity contribution in [2.75, 3.05) is 11.4 Å². The Kier molecular flexibility index (Phi) is 2.98. The maximum absolute atomic E-state index is 12.0. The van der Waals surface area contributed by atoms with E-state index in [1.54, 1.807) is 0 Å². The zero-order valence-electron chi connectivity index (χ0n) is 12.0. The fourth-order valence-corrected chi connectivity index (χ4v) is 3.30. The van der Waals surface area contributed by atoms with Gasteiger partial charge in [-0.25, -0.2) is 0 Å². The highest BCUT2D eigenvalue weighted by atomic mass is 16.1. The van der Waals surface area contributed by atoms with Gasteiger partial charge in [0.15, 0.2) is 11.6 Å². The van der Waals surface area contributed by atoms with Crippen molar-refractivity contribution in [2.45, 2.75) is 38.8 Å². The summed E-state index contributed by atoms with van der Waals surface area (Å²) in [5.41, 5.74) is 1.86. The van der Waals surface area contributed by atoms with Gasteiger partial charge < -0.3 is 9.47 Å². The molecule has 1 aromatic carbocycles. The summed E-state index contributed by atoms with van der Waals surface area (Å²) in [6.07, 6.45) is 4.02. The fraction of sp³-hybridized carbons (Fsp3) is 0.438. The van der Waals surface area contributed by atoms with Crippen LogP contribution in [-0.4, -0.2) is 27.1 Å². The molecule has 0 bridgehead atoms. The molecule has 0 saturated heterocycles. The van der Waals surface area contributed by atoms with Crippen molar-refractivity contribution >= 4 is 11.5 Å². The molecule has 0 unspecified atom stereocenters. The summed E-state index contributed by atoms with van der Waals surface area (Å²) in [6, 6.07) is 7.87. The summed E-state index contributed by atoms with van der Waals surface area (Å²) in [6.45, 7) is 2.52. The monoisotopic (exact) mass is 282 g/mol. The lowest BCUT2D eigenvalue weighted by Crippen LogP contribution is -2.33. The maximum atomic E-state index is 12.0. The van der Waals surface area contributed by atoms with Crippen LogP contribution in [0.3, 0.4) is 0 Å². The van der Waals surface area contributed by atoms with Crippen LogP contribution in [0.5, 0.6) is 0 Å². The number of ketones is 1. The van der Waals surface area contributed by atoms with Crippen molar-refractivity contribution in [2.24, 2.45) is 0 Å². The molecule has 0 amide bonds. The van der Waals surface area contributed by atoms with E-state index in [1.165, 1.54) is 12.8 Å². The van der Waals surface area contributed by atoms with Gasteiger partial charge in [-0.3, -0.25) is 4.79 Å². The van der Waals surface area contributed by atoms with E-state index in [4.69, 9.17) is 0 Å². The Hall–Kier alpha value is -2.17. The molecule has 3 heterocycles. The van der Waals surface area contributed by atoms with E-state index in [9.17, 15) is 4.79 Å². The number of hydrogen-bond donors (Lipinski definition) is 0. The molecule has 0 spiro atoms. The molecule has 2 aromatic rings. The Morgan fingerprint density at radius 2 is 1.95 bits per heavy atom. The third-order valence-electron chi connectivity index (χ3n) is 4.42. The fourth-order valence-electron chi connectivity index (χ4n) is 3.30. The van der Waals surface area contributed by atoms with Gasteiger partial charge in [0.1, 0.15) is 5.82 Å². The second-order valence-corrected chi connectivity index (χ2v) is 5.75. The first kappa shape index (κ1) is 12.6. The quantitative estimate of drug-likeness (QED) is 0.847. The van der Waals surface area contributed by atoms with E-state index in [2.05, 4.69) is 19.7 Å². The number of carbonyl (C=O) groups excluding carboxylic acids is 1. The summed E-state index contributed by atoms with van der Waals surface area (Å²) < 4.78 is 2.25. The van der Waals surface area contributed by atoms with Crippen LogP contribution in [0.2, 0.25) is 0 Å². The summed E-state index contributed by atoms with van der Waals surface area (Å²) >= 11 is 0. The van der Waals surface area contributed by atoms with E-state index in [0.29, 0.717) is 6.42 Å². The van der Waals surface area contributed by atoms with Crippen LogP contribution in [0.15, 0.2) is 24.3 Å². The molecule has 0 radical (unpaired) electrons. The van der Waals surface area contributed by atoms with Gasteiger partial charge in [0.25, 0.3) is 0 Å². The average Bonchev–Trinajstić information content (AvgIpc) is 2.94. The third-order valence-corrected chi connectivity index (χ3v) is 4.42. The molecule has 0 saturated carbocycles. The van der Waals surface area contributed by atoms with Gasteiger partial charge in [0.05, 0.1) is 6.54 Å². The molecule has 0 atom stereocenters. The van der Waals surface area contributed by atoms with Crippen LogP contribution in [0, 0.1) is 0 Å². The van der Waals surface area contributed by atoms with Crippen molar-refractivity contribution in [1.29, 1.82) is 0 Å². The number of nitrogens with zero attached hydrogens (tertiary/aromatic N) is 4. The molecule has 1 aromatic heterocycles. The summed E-state index contributed by atoms with van der Waals surface area (Å²) in [7, 11) is 0. The molecule has 2 aliphatic heterocycles. The summed E-state index contributed by atoms with van der Waals surface area (Å²) in [4.78, 5) is 14.3. The van der Waals surface area contributed by atoms with Crippen molar-refractivity contribution < 1.29 is 4.79 Å². The largest absolute Gasteiger partial charge is 0.363 e. The lowest BCUT2D eigenvalue weighted by molar-refractivity contribution is 0.0979. The molecule has 0 fully saturated rings. The van der Waals surface area contributed by atoms with E-state index >= 15 is 0 Å². The Morgan fingerprint density at radius 1 is 1.05 bits per heavy atom. The number of hydrogen-bond acceptors (Lipinski definition) is 4. The van der Waals surface area contributed by atoms with Gasteiger partial charge in [0.2, 0.25) is 0 Å². The molecule has 4 rings (SSSR count). The number of aryl methyl sites for hydroxylation is 1. The highest BCUT2D eigenvalue weighted by Gasteiger charge is 2.25. The second kappa shape index (κ2) is 4.98. The number of Topliss-reactive ketones (excluding diaryl/α,β-unsaturated/α-hetero) is 1. The van der Waals surface area contributed by atoms with Gasteiger partial charge in [0, 0.05) is 37.2 Å². The first-order chi connectivity index (χ1) is 10.3. The van der Waals surface area contributed by atoms with Crippen molar-refractivity contribution in [3.05, 3.63) is 41.5 Å². The predicted molar refractivity (Wildman–Crippen MR) is 79.4 cm³/mol. The third kappa shape index (κ3) is 2.13. The second-order valence-electron chi connectivity index (χ2n) is 5.75. The minimum atomic E-state index is 0.241. The normalized spacial score (nSPS) is 17.5. The van der Waals surface area contributed by atoms with Crippen LogP contribution in [0.25, 0.3) is 0 Å². The minimum Gasteiger partial charge on any atom is -0.363 e. The van der Waals surface area contributed by atoms with E-state index < -0.39 is 0 Å². The van der Waals surface area contributed by atoms with Gasteiger partial charge in [-0.1, -0.05) is 12.1 Å². The first-order valence-electron chi connectivity index (χ1n) is 7.61. The molecule has 2 aliphatic rings. The number of carbonyl (C=O) groups is 1. The van der Waals surface area contributed by atoms with Crippen LogP contribution in [-0.2, 0) is 19.5 Å². The lowest BCUT2D eigenvalue weighted by atomic mass is 10.0. The van der Waals surface area contributed by atoms with Crippen LogP contribution in [0.1, 0.15) is 41.3 Å². The zero-order valence-corrected chi connectivity index (χ0v) is 12.0. The molecular weight excluding hydrogens is 264 g/mol. The molecule has 0 N–H and O–H groups in total. The molecule has 108 valence electrons. The lowest BCUT2D eigenvalue weighted by Gasteiger charge is -2.30. The average molecular weight is 282 g/mol. The zero-order chi connectivity index (χ0) is 14.2. The van der Waals surface area contributed by atoms with E-state index in [-0.39, 0.29) is 5.78 Å². The van der Waals surface area contributed by atoms with Crippen LogP contribution < -0.4 is 4.90 Å². The summed E-state index contributed by atoms with van der Waals surface area (Å²) in [5, 5.41) is 8.68. The number of anilines is 1. The standard InChI is InChI=1S/C16H18N4O/c21-14-8-10-19(13-6-2-1-5-12(13)14)11-16-18-17-15-7-3-4-9-20(15)16/h1-2,5-6H,3-4,7-11H2. The van der Waals surface area contributed by atoms with Gasteiger partial charge in [-0.05, 0) is 25.0 Å². The molecular formula is C16H18N4O. The van der Waals surface area contributed by atoms with Crippen molar-refractivity contribution in [3.63, 3.8) is 0 Å². The Bertz CT molecular complexity index is 691. The molecule has 5 nitrogen and oxygen atoms in total. The smallest absolute Gasteiger partial charge is 0.166 e. The first-order valence-corrected chi connectivity index (χ1v) is 7.61. The van der Waals surface area contributed by atoms with Gasteiger partial charge in [-0.15, -0.1) is 10.2 Å². The van der Waals surface area contributed by atoms with Crippen LogP contribution >= 0.6 is 0 Å². The predicted octanol–water partition coefficient (Wildman–Crippen LogP) is 2.21. The SMILES string of the molecule is O=C1CCN(Cc2nnc3n2CCCC3)c2ccccc21. The molecule has 0 aliphatic carbocycles. The minimum absolute atomic E-state index is 0.241. The Labute approximate surface area is 123 Å². The van der Waals surface area contributed by atoms with E-state index in [1.807, 2.05) is 24.3 Å². The van der Waals surface area contributed by atoms with Gasteiger partial charge in [-0.2, -0.15) is 0 Å². The van der Waals surface area contributed by atoms with Gasteiger partial charge >= 0.3 is 0 Å². The molecule has 21 heavy (non-hydrogen) atoms. The van der Waals surface area contributed by atoms with Crippen molar-refractivity contribution in [3.8, 4) is 0 Å². The Balaban J connectivity index is 1.65. The highest BCUT2D eigenvalue weighted by Crippen LogP contribution is 2.28. The number of benzene rings is 1. The maximum Gasteiger partial charge on any atom is 0.166 e.